The van der Waals surface area contributed by atoms with E-state index in [0.717, 1.165) is 0 Å². The van der Waals surface area contributed by atoms with Gasteiger partial charge in [0.25, 0.3) is 5.91 Å². The van der Waals surface area contributed by atoms with Gasteiger partial charge in [0.1, 0.15) is 0 Å². The number of aromatic nitrogens is 3. The largest absolute Gasteiger partial charge is 0.334 e. The highest BCUT2D eigenvalue weighted by molar-refractivity contribution is 9.10. The lowest BCUT2D eigenvalue weighted by Gasteiger charge is -2.45. The minimum atomic E-state index is -3.66. The highest BCUT2D eigenvalue weighted by atomic mass is 79.9. The lowest BCUT2D eigenvalue weighted by Crippen LogP contribution is -2.61. The second-order valence-electron chi connectivity index (χ2n) is 6.43. The Balaban J connectivity index is 1.85. The highest BCUT2D eigenvalue weighted by Gasteiger charge is 2.43. The van der Waals surface area contributed by atoms with Crippen molar-refractivity contribution in [3.05, 3.63) is 40.6 Å². The molecule has 2 heterocycles. The zero-order valence-electron chi connectivity index (χ0n) is 13.8. The summed E-state index contributed by atoms with van der Waals surface area (Å²) in [5.74, 6) is -0.263. The molecule has 2 aromatic rings. The predicted molar refractivity (Wildman–Crippen MR) is 94.4 cm³/mol. The van der Waals surface area contributed by atoms with Gasteiger partial charge in [-0.05, 0) is 32.0 Å². The number of nitrogens with one attached hydrogen (secondary N) is 1. The van der Waals surface area contributed by atoms with E-state index in [1.165, 1.54) is 10.5 Å². The van der Waals surface area contributed by atoms with E-state index in [-0.39, 0.29) is 29.6 Å². The third kappa shape index (κ3) is 3.46. The molecule has 0 bridgehead atoms. The Labute approximate surface area is 154 Å². The summed E-state index contributed by atoms with van der Waals surface area (Å²) in [5.41, 5.74) is -0.530. The minimum absolute atomic E-state index is 0.214. The Kier molecular flexibility index (Phi) is 4.69. The van der Waals surface area contributed by atoms with E-state index >= 15 is 0 Å². The van der Waals surface area contributed by atoms with Gasteiger partial charge in [0.2, 0.25) is 10.0 Å². The van der Waals surface area contributed by atoms with Crippen LogP contribution >= 0.6 is 15.9 Å². The topological polar surface area (TPSA) is 99.3 Å². The Hall–Kier alpha value is -1.78. The number of hydrogen-bond acceptors (Lipinski definition) is 5. The van der Waals surface area contributed by atoms with E-state index in [9.17, 15) is 13.2 Å². The fraction of sp³-hybridized carbons (Fsp3) is 0.400. The van der Waals surface area contributed by atoms with Crippen molar-refractivity contribution in [3.63, 3.8) is 0 Å². The van der Waals surface area contributed by atoms with Crippen LogP contribution in [-0.4, -0.2) is 64.1 Å². The van der Waals surface area contributed by atoms with Crippen LogP contribution in [0.1, 0.15) is 24.3 Å². The number of piperazine rings is 1. The first-order valence-corrected chi connectivity index (χ1v) is 9.88. The number of nitrogens with zero attached hydrogens (tertiary/aromatic N) is 4. The summed E-state index contributed by atoms with van der Waals surface area (Å²) >= 11 is 3.31. The lowest BCUT2D eigenvalue weighted by molar-refractivity contribution is 0.0489. The summed E-state index contributed by atoms with van der Waals surface area (Å²) in [4.78, 5) is 14.3. The van der Waals surface area contributed by atoms with Crippen LogP contribution in [0.4, 0.5) is 0 Å². The van der Waals surface area contributed by atoms with Crippen LogP contribution in [0.3, 0.4) is 0 Å². The highest BCUT2D eigenvalue weighted by Crippen LogP contribution is 2.30. The van der Waals surface area contributed by atoms with Crippen molar-refractivity contribution in [1.29, 1.82) is 0 Å². The summed E-state index contributed by atoms with van der Waals surface area (Å²) in [7, 11) is -3.66. The molecule has 0 unspecified atom stereocenters. The zero-order valence-corrected chi connectivity index (χ0v) is 16.2. The summed E-state index contributed by atoms with van der Waals surface area (Å²) in [5, 5.41) is 9.85. The maximum atomic E-state index is 13.0. The van der Waals surface area contributed by atoms with Gasteiger partial charge in [-0.3, -0.25) is 4.79 Å². The van der Waals surface area contributed by atoms with E-state index < -0.39 is 15.6 Å². The fourth-order valence-electron chi connectivity index (χ4n) is 2.98. The minimum Gasteiger partial charge on any atom is -0.334 e. The van der Waals surface area contributed by atoms with E-state index in [1.54, 1.807) is 29.2 Å². The van der Waals surface area contributed by atoms with E-state index in [1.807, 2.05) is 13.8 Å². The van der Waals surface area contributed by atoms with Crippen molar-refractivity contribution in [2.75, 3.05) is 19.6 Å². The van der Waals surface area contributed by atoms with E-state index in [0.29, 0.717) is 11.0 Å². The first-order chi connectivity index (χ1) is 11.7. The second kappa shape index (κ2) is 6.50. The Morgan fingerprint density at radius 2 is 2.08 bits per heavy atom. The Morgan fingerprint density at radius 1 is 1.32 bits per heavy atom. The normalized spacial score (nSPS) is 18.3. The smallest absolute Gasteiger partial charge is 0.276 e. The van der Waals surface area contributed by atoms with Gasteiger partial charge >= 0.3 is 0 Å². The molecular formula is C15H18BrN5O3S. The number of halogens is 1. The number of aromatic amines is 1. The standard InChI is InChI=1S/C15H18BrN5O3S/c1-15(2)10-20(14(22)13-9-17-19-18-13)6-7-21(15)25(23,24)12-5-3-4-11(16)8-12/h3-5,8-9H,6-7,10H2,1-2H3,(H,17,18,19). The van der Waals surface area contributed by atoms with Crippen molar-refractivity contribution >= 4 is 31.9 Å². The van der Waals surface area contributed by atoms with Gasteiger partial charge in [-0.1, -0.05) is 22.0 Å². The van der Waals surface area contributed by atoms with Gasteiger partial charge < -0.3 is 4.90 Å². The molecule has 0 aliphatic carbocycles. The molecule has 0 saturated carbocycles. The predicted octanol–water partition coefficient (Wildman–Crippen LogP) is 1.49. The summed E-state index contributed by atoms with van der Waals surface area (Å²) in [6.07, 6.45) is 1.36. The van der Waals surface area contributed by atoms with Crippen molar-refractivity contribution < 1.29 is 13.2 Å². The molecule has 1 saturated heterocycles. The van der Waals surface area contributed by atoms with E-state index in [4.69, 9.17) is 0 Å². The molecule has 3 rings (SSSR count). The molecule has 1 fully saturated rings. The fourth-order valence-corrected chi connectivity index (χ4v) is 5.34. The van der Waals surface area contributed by atoms with Crippen LogP contribution in [-0.2, 0) is 10.0 Å². The van der Waals surface area contributed by atoms with E-state index in [2.05, 4.69) is 31.3 Å². The molecular weight excluding hydrogens is 410 g/mol. The zero-order chi connectivity index (χ0) is 18.2. The molecule has 0 spiro atoms. The molecule has 1 aliphatic heterocycles. The molecule has 1 amide bonds. The van der Waals surface area contributed by atoms with Gasteiger partial charge in [-0.2, -0.15) is 19.7 Å². The number of amides is 1. The van der Waals surface area contributed by atoms with Crippen molar-refractivity contribution in [2.24, 2.45) is 0 Å². The number of hydrogen-bond donors (Lipinski definition) is 1. The number of rotatable bonds is 3. The lowest BCUT2D eigenvalue weighted by atomic mass is 10.0. The summed E-state index contributed by atoms with van der Waals surface area (Å²) < 4.78 is 28.2. The SMILES string of the molecule is CC1(C)CN(C(=O)c2cn[nH]n2)CCN1S(=O)(=O)c1cccc(Br)c1. The third-order valence-corrected chi connectivity index (χ3v) is 6.73. The van der Waals surface area contributed by atoms with Gasteiger partial charge in [-0.25, -0.2) is 8.42 Å². The van der Waals surface area contributed by atoms with Crippen LogP contribution in [0.2, 0.25) is 0 Å². The van der Waals surface area contributed by atoms with Crippen molar-refractivity contribution in [2.45, 2.75) is 24.3 Å². The molecule has 25 heavy (non-hydrogen) atoms. The maximum absolute atomic E-state index is 13.0. The Morgan fingerprint density at radius 3 is 2.68 bits per heavy atom. The van der Waals surface area contributed by atoms with Crippen molar-refractivity contribution in [3.8, 4) is 0 Å². The molecule has 0 radical (unpaired) electrons. The summed E-state index contributed by atoms with van der Waals surface area (Å²) in [6.45, 7) is 4.40. The number of H-pyrrole nitrogens is 1. The molecule has 1 aromatic carbocycles. The quantitative estimate of drug-likeness (QED) is 0.799. The van der Waals surface area contributed by atoms with Crippen LogP contribution in [0.15, 0.2) is 39.8 Å². The molecule has 134 valence electrons. The first-order valence-electron chi connectivity index (χ1n) is 7.65. The number of sulfonamides is 1. The number of carbonyl (C=O) groups is 1. The van der Waals surface area contributed by atoms with Crippen LogP contribution < -0.4 is 0 Å². The van der Waals surface area contributed by atoms with Gasteiger partial charge in [0.15, 0.2) is 5.69 Å². The summed E-state index contributed by atoms with van der Waals surface area (Å²) in [6, 6.07) is 6.62. The van der Waals surface area contributed by atoms with Gasteiger partial charge in [0.05, 0.1) is 11.1 Å². The molecule has 0 atom stereocenters. The monoisotopic (exact) mass is 427 g/mol. The third-order valence-electron chi connectivity index (χ3n) is 4.13. The average molecular weight is 428 g/mol. The van der Waals surface area contributed by atoms with Crippen LogP contribution in [0.5, 0.6) is 0 Å². The Bertz CT molecular complexity index is 882. The van der Waals surface area contributed by atoms with Crippen LogP contribution in [0.25, 0.3) is 0 Å². The van der Waals surface area contributed by atoms with Gasteiger partial charge in [0, 0.05) is 29.6 Å². The molecule has 8 nitrogen and oxygen atoms in total. The van der Waals surface area contributed by atoms with Gasteiger partial charge in [-0.15, -0.1) is 0 Å². The molecule has 1 aliphatic rings. The second-order valence-corrected chi connectivity index (χ2v) is 9.21. The molecule has 1 N–H and O–H groups in total. The molecule has 1 aromatic heterocycles. The first kappa shape index (κ1) is 18.0. The van der Waals surface area contributed by atoms with Crippen LogP contribution in [0, 0.1) is 0 Å². The average Bonchev–Trinajstić information content (AvgIpc) is 3.07. The van der Waals surface area contributed by atoms with Crippen molar-refractivity contribution in [1.82, 2.24) is 24.6 Å². The number of carbonyl (C=O) groups excluding carboxylic acids is 1. The molecule has 10 heteroatoms. The maximum Gasteiger partial charge on any atom is 0.276 e. The number of benzene rings is 1.